The summed E-state index contributed by atoms with van der Waals surface area (Å²) in [7, 11) is 0. The molecule has 0 saturated carbocycles. The van der Waals surface area contributed by atoms with Crippen LogP contribution < -0.4 is 10.1 Å². The fraction of sp³-hybridized carbons (Fsp3) is 0.421. The summed E-state index contributed by atoms with van der Waals surface area (Å²) in [5, 5.41) is 3.57. The molecule has 2 aromatic rings. The minimum atomic E-state index is -0.258. The zero-order valence-electron chi connectivity index (χ0n) is 15.0. The van der Waals surface area contributed by atoms with Crippen molar-refractivity contribution in [3.8, 4) is 5.75 Å². The van der Waals surface area contributed by atoms with E-state index in [0.717, 1.165) is 18.8 Å². The first-order chi connectivity index (χ1) is 13.1. The lowest BCUT2D eigenvalue weighted by Gasteiger charge is -2.33. The van der Waals surface area contributed by atoms with Gasteiger partial charge in [0.1, 0.15) is 5.76 Å². The van der Waals surface area contributed by atoms with Crippen LogP contribution in [0.3, 0.4) is 0 Å². The van der Waals surface area contributed by atoms with Gasteiger partial charge < -0.3 is 19.2 Å². The highest BCUT2D eigenvalue weighted by Crippen LogP contribution is 2.34. The van der Waals surface area contributed by atoms with E-state index < -0.39 is 0 Å². The van der Waals surface area contributed by atoms with E-state index in [1.54, 1.807) is 18.4 Å². The molecule has 8 heteroatoms. The summed E-state index contributed by atoms with van der Waals surface area (Å²) >= 11 is 12.4. The van der Waals surface area contributed by atoms with Gasteiger partial charge in [-0.2, -0.15) is 0 Å². The molecule has 1 aliphatic rings. The van der Waals surface area contributed by atoms with Crippen molar-refractivity contribution >= 4 is 29.1 Å². The number of carbonyl (C=O) groups is 1. The molecule has 3 rings (SSSR count). The van der Waals surface area contributed by atoms with Gasteiger partial charge in [0, 0.05) is 25.2 Å². The van der Waals surface area contributed by atoms with Crippen LogP contribution in [-0.4, -0.2) is 50.3 Å². The standard InChI is InChI=1S/C19H22Cl2N2O4/c1-2-26-18-14(20)10-13(11-15(18)21)19(24)22-12-16(17-4-3-7-27-17)23-5-8-25-9-6-23/h3-4,7,10-11,16H,2,5-6,8-9,12H2,1H3,(H,22,24)/t16-/m0/s1. The van der Waals surface area contributed by atoms with Crippen LogP contribution in [0.5, 0.6) is 5.75 Å². The van der Waals surface area contributed by atoms with E-state index in [9.17, 15) is 4.79 Å². The number of nitrogens with one attached hydrogen (secondary N) is 1. The van der Waals surface area contributed by atoms with Crippen molar-refractivity contribution in [3.63, 3.8) is 0 Å². The molecule has 0 unspecified atom stereocenters. The largest absolute Gasteiger partial charge is 0.491 e. The van der Waals surface area contributed by atoms with Crippen LogP contribution in [0.1, 0.15) is 29.1 Å². The highest BCUT2D eigenvalue weighted by molar-refractivity contribution is 6.37. The van der Waals surface area contributed by atoms with Crippen molar-refractivity contribution in [2.45, 2.75) is 13.0 Å². The van der Waals surface area contributed by atoms with E-state index in [2.05, 4.69) is 10.2 Å². The molecule has 0 aliphatic carbocycles. The SMILES string of the molecule is CCOc1c(Cl)cc(C(=O)NC[C@@H](c2ccco2)N2CCOCC2)cc1Cl. The number of hydrogen-bond acceptors (Lipinski definition) is 5. The molecule has 0 radical (unpaired) electrons. The lowest BCUT2D eigenvalue weighted by Crippen LogP contribution is -2.43. The molecule has 27 heavy (non-hydrogen) atoms. The van der Waals surface area contributed by atoms with Crippen LogP contribution in [0.2, 0.25) is 10.0 Å². The predicted molar refractivity (Wildman–Crippen MR) is 104 cm³/mol. The predicted octanol–water partition coefficient (Wildman–Crippen LogP) is 3.79. The first-order valence-corrected chi connectivity index (χ1v) is 9.61. The third kappa shape index (κ3) is 4.96. The molecule has 1 aliphatic heterocycles. The van der Waals surface area contributed by atoms with Gasteiger partial charge in [0.15, 0.2) is 5.75 Å². The second-order valence-electron chi connectivity index (χ2n) is 6.09. The van der Waals surface area contributed by atoms with Gasteiger partial charge in [-0.25, -0.2) is 0 Å². The number of nitrogens with zero attached hydrogens (tertiary/aromatic N) is 1. The molecule has 1 atom stereocenters. The molecule has 1 amide bonds. The second-order valence-corrected chi connectivity index (χ2v) is 6.91. The number of furan rings is 1. The van der Waals surface area contributed by atoms with E-state index >= 15 is 0 Å². The molecule has 0 bridgehead atoms. The summed E-state index contributed by atoms with van der Waals surface area (Å²) in [6, 6.07) is 6.81. The number of hydrogen-bond donors (Lipinski definition) is 1. The van der Waals surface area contributed by atoms with E-state index in [4.69, 9.17) is 37.1 Å². The van der Waals surface area contributed by atoms with E-state index in [1.807, 2.05) is 19.1 Å². The smallest absolute Gasteiger partial charge is 0.251 e. The van der Waals surface area contributed by atoms with Gasteiger partial charge >= 0.3 is 0 Å². The average molecular weight is 413 g/mol. The average Bonchev–Trinajstić information content (AvgIpc) is 3.20. The Morgan fingerprint density at radius 3 is 2.59 bits per heavy atom. The van der Waals surface area contributed by atoms with Crippen molar-refractivity contribution in [3.05, 3.63) is 51.9 Å². The highest BCUT2D eigenvalue weighted by Gasteiger charge is 2.25. The van der Waals surface area contributed by atoms with Gasteiger partial charge in [0.25, 0.3) is 5.91 Å². The maximum atomic E-state index is 12.6. The number of benzene rings is 1. The van der Waals surface area contributed by atoms with Gasteiger partial charge in [0.05, 0.1) is 42.2 Å². The van der Waals surface area contributed by atoms with Gasteiger partial charge in [-0.15, -0.1) is 0 Å². The topological polar surface area (TPSA) is 63.9 Å². The van der Waals surface area contributed by atoms with Crippen LogP contribution in [0.15, 0.2) is 34.9 Å². The summed E-state index contributed by atoms with van der Waals surface area (Å²) in [5.74, 6) is 0.936. The first-order valence-electron chi connectivity index (χ1n) is 8.85. The number of amides is 1. The highest BCUT2D eigenvalue weighted by atomic mass is 35.5. The normalized spacial score (nSPS) is 16.1. The number of halogens is 2. The summed E-state index contributed by atoms with van der Waals surface area (Å²) in [4.78, 5) is 14.9. The minimum absolute atomic E-state index is 0.0681. The van der Waals surface area contributed by atoms with E-state index in [0.29, 0.717) is 47.7 Å². The van der Waals surface area contributed by atoms with Gasteiger partial charge in [0.2, 0.25) is 0 Å². The summed E-state index contributed by atoms with van der Waals surface area (Å²) in [6.07, 6.45) is 1.64. The number of ether oxygens (including phenoxy) is 2. The van der Waals surface area contributed by atoms with Crippen LogP contribution in [-0.2, 0) is 4.74 Å². The fourth-order valence-corrected chi connectivity index (χ4v) is 3.64. The lowest BCUT2D eigenvalue weighted by atomic mass is 10.1. The Morgan fingerprint density at radius 1 is 1.30 bits per heavy atom. The van der Waals surface area contributed by atoms with Crippen LogP contribution in [0.25, 0.3) is 0 Å². The molecule has 6 nitrogen and oxygen atoms in total. The maximum absolute atomic E-state index is 12.6. The third-order valence-electron chi connectivity index (χ3n) is 4.36. The lowest BCUT2D eigenvalue weighted by molar-refractivity contribution is 0.0118. The molecule has 1 aromatic heterocycles. The molecule has 1 N–H and O–H groups in total. The van der Waals surface area contributed by atoms with Crippen molar-refractivity contribution in [2.24, 2.45) is 0 Å². The van der Waals surface area contributed by atoms with Crippen LogP contribution in [0.4, 0.5) is 0 Å². The number of carbonyl (C=O) groups excluding carboxylic acids is 1. The molecule has 146 valence electrons. The Balaban J connectivity index is 1.70. The molecule has 1 saturated heterocycles. The van der Waals surface area contributed by atoms with Gasteiger partial charge in [-0.1, -0.05) is 23.2 Å². The maximum Gasteiger partial charge on any atom is 0.251 e. The van der Waals surface area contributed by atoms with Crippen molar-refractivity contribution in [2.75, 3.05) is 39.5 Å². The summed E-state index contributed by atoms with van der Waals surface area (Å²) in [5.41, 5.74) is 0.383. The minimum Gasteiger partial charge on any atom is -0.491 e. The molecular formula is C19H22Cl2N2O4. The summed E-state index contributed by atoms with van der Waals surface area (Å²) in [6.45, 7) is 5.56. The Bertz CT molecular complexity index is 738. The molecule has 2 heterocycles. The van der Waals surface area contributed by atoms with E-state index in [-0.39, 0.29) is 11.9 Å². The molecule has 0 spiro atoms. The zero-order chi connectivity index (χ0) is 19.2. The molecule has 1 fully saturated rings. The van der Waals surface area contributed by atoms with Crippen LogP contribution >= 0.6 is 23.2 Å². The Morgan fingerprint density at radius 2 is 2.00 bits per heavy atom. The van der Waals surface area contributed by atoms with Crippen molar-refractivity contribution < 1.29 is 18.7 Å². The van der Waals surface area contributed by atoms with Gasteiger partial charge in [-0.05, 0) is 31.2 Å². The Labute approximate surface area is 168 Å². The van der Waals surface area contributed by atoms with E-state index in [1.165, 1.54) is 0 Å². The first kappa shape index (κ1) is 20.0. The van der Waals surface area contributed by atoms with Crippen molar-refractivity contribution in [1.82, 2.24) is 10.2 Å². The number of rotatable bonds is 7. The Hall–Kier alpha value is -1.73. The monoisotopic (exact) mass is 412 g/mol. The van der Waals surface area contributed by atoms with Crippen LogP contribution in [0, 0.1) is 0 Å². The van der Waals surface area contributed by atoms with Crippen molar-refractivity contribution in [1.29, 1.82) is 0 Å². The fourth-order valence-electron chi connectivity index (χ4n) is 3.04. The zero-order valence-corrected chi connectivity index (χ0v) is 16.6. The second kappa shape index (κ2) is 9.46. The molecule has 1 aromatic carbocycles. The molecular weight excluding hydrogens is 391 g/mol. The summed E-state index contributed by atoms with van der Waals surface area (Å²) < 4.78 is 16.4. The third-order valence-corrected chi connectivity index (χ3v) is 4.92. The number of morpholine rings is 1. The Kier molecular flexibility index (Phi) is 7.01. The van der Waals surface area contributed by atoms with Gasteiger partial charge in [-0.3, -0.25) is 9.69 Å². The quantitative estimate of drug-likeness (QED) is 0.749.